The first kappa shape index (κ1) is 15.1. The summed E-state index contributed by atoms with van der Waals surface area (Å²) in [7, 11) is 0. The molecule has 0 aromatic heterocycles. The fraction of sp³-hybridized carbons (Fsp3) is 0.571. The third kappa shape index (κ3) is 4.10. The highest BCUT2D eigenvalue weighted by Crippen LogP contribution is 2.28. The van der Waals surface area contributed by atoms with Crippen molar-refractivity contribution in [3.63, 3.8) is 0 Å². The zero-order valence-corrected chi connectivity index (χ0v) is 11.3. The molecule has 1 aromatic carbocycles. The third-order valence-electron chi connectivity index (χ3n) is 3.33. The normalized spacial score (nSPS) is 15.4. The van der Waals surface area contributed by atoms with Gasteiger partial charge in [0, 0.05) is 30.4 Å². The quantitative estimate of drug-likeness (QED) is 0.807. The zero-order chi connectivity index (χ0) is 14.8. The van der Waals surface area contributed by atoms with Crippen molar-refractivity contribution in [2.75, 3.05) is 18.0 Å². The predicted molar refractivity (Wildman–Crippen MR) is 70.2 cm³/mol. The van der Waals surface area contributed by atoms with Crippen LogP contribution in [-0.2, 0) is 6.54 Å². The molecule has 0 spiro atoms. The minimum Gasteiger partial charge on any atom is -0.363 e. The van der Waals surface area contributed by atoms with Gasteiger partial charge < -0.3 is 10.2 Å². The van der Waals surface area contributed by atoms with Crippen molar-refractivity contribution in [2.45, 2.75) is 38.5 Å². The molecule has 2 nitrogen and oxygen atoms in total. The summed E-state index contributed by atoms with van der Waals surface area (Å²) in [6.45, 7) is 1.01. The maximum absolute atomic E-state index is 13.9. The van der Waals surface area contributed by atoms with Crippen molar-refractivity contribution in [3.8, 4) is 0 Å². The summed E-state index contributed by atoms with van der Waals surface area (Å²) in [6, 6.07) is 4.65. The SMILES string of the molecule is CCN(CC(F)(F)F)c1cccc(F)c1CNC1CC1. The number of alkyl halides is 3. The lowest BCUT2D eigenvalue weighted by molar-refractivity contribution is -0.119. The molecule has 0 saturated heterocycles. The number of anilines is 1. The monoisotopic (exact) mass is 290 g/mol. The Balaban J connectivity index is 2.20. The maximum atomic E-state index is 13.9. The van der Waals surface area contributed by atoms with Crippen molar-refractivity contribution in [1.82, 2.24) is 5.32 Å². The molecule has 1 saturated carbocycles. The van der Waals surface area contributed by atoms with Gasteiger partial charge in [0.05, 0.1) is 0 Å². The number of halogens is 4. The van der Waals surface area contributed by atoms with Crippen LogP contribution in [0.5, 0.6) is 0 Å². The van der Waals surface area contributed by atoms with Crippen molar-refractivity contribution in [1.29, 1.82) is 0 Å². The fourth-order valence-electron chi connectivity index (χ4n) is 2.14. The van der Waals surface area contributed by atoms with E-state index in [0.717, 1.165) is 17.7 Å². The molecule has 1 fully saturated rings. The van der Waals surface area contributed by atoms with Crippen LogP contribution in [-0.4, -0.2) is 25.3 Å². The van der Waals surface area contributed by atoms with Crippen molar-refractivity contribution < 1.29 is 17.6 Å². The Bertz CT molecular complexity index is 455. The molecule has 0 aliphatic heterocycles. The second-order valence-corrected chi connectivity index (χ2v) is 5.02. The third-order valence-corrected chi connectivity index (χ3v) is 3.33. The molecule has 1 aliphatic rings. The molecular weight excluding hydrogens is 272 g/mol. The van der Waals surface area contributed by atoms with Gasteiger partial charge in [0.2, 0.25) is 0 Å². The number of hydrogen-bond acceptors (Lipinski definition) is 2. The fourth-order valence-corrected chi connectivity index (χ4v) is 2.14. The predicted octanol–water partition coefficient (Wildman–Crippen LogP) is 3.47. The van der Waals surface area contributed by atoms with Gasteiger partial charge in [0.25, 0.3) is 0 Å². The number of nitrogens with one attached hydrogen (secondary N) is 1. The Morgan fingerprint density at radius 2 is 2.00 bits per heavy atom. The van der Waals surface area contributed by atoms with Crippen LogP contribution in [0.15, 0.2) is 18.2 Å². The van der Waals surface area contributed by atoms with Gasteiger partial charge in [-0.1, -0.05) is 6.07 Å². The number of nitrogens with zero attached hydrogens (tertiary/aromatic N) is 1. The summed E-state index contributed by atoms with van der Waals surface area (Å²) in [5, 5.41) is 3.15. The molecule has 0 bridgehead atoms. The average molecular weight is 290 g/mol. The maximum Gasteiger partial charge on any atom is 0.405 e. The summed E-state index contributed by atoms with van der Waals surface area (Å²) in [6.07, 6.45) is -2.21. The lowest BCUT2D eigenvalue weighted by Crippen LogP contribution is -2.35. The van der Waals surface area contributed by atoms with Crippen LogP contribution in [0.2, 0.25) is 0 Å². The molecule has 0 amide bonds. The summed E-state index contributed by atoms with van der Waals surface area (Å²) in [5.41, 5.74) is 0.628. The second kappa shape index (κ2) is 5.99. The van der Waals surface area contributed by atoms with E-state index in [2.05, 4.69) is 5.32 Å². The van der Waals surface area contributed by atoms with Gasteiger partial charge in [-0.25, -0.2) is 4.39 Å². The van der Waals surface area contributed by atoms with Gasteiger partial charge >= 0.3 is 6.18 Å². The van der Waals surface area contributed by atoms with Gasteiger partial charge in [-0.15, -0.1) is 0 Å². The highest BCUT2D eigenvalue weighted by molar-refractivity contribution is 5.54. The van der Waals surface area contributed by atoms with E-state index >= 15 is 0 Å². The molecule has 1 N–H and O–H groups in total. The van der Waals surface area contributed by atoms with Crippen LogP contribution in [0, 0.1) is 5.82 Å². The molecular formula is C14H18F4N2. The lowest BCUT2D eigenvalue weighted by atomic mass is 10.1. The van der Waals surface area contributed by atoms with E-state index in [9.17, 15) is 17.6 Å². The molecule has 20 heavy (non-hydrogen) atoms. The molecule has 0 radical (unpaired) electrons. The van der Waals surface area contributed by atoms with Crippen LogP contribution in [0.25, 0.3) is 0 Å². The Labute approximate surface area is 115 Å². The smallest absolute Gasteiger partial charge is 0.363 e. The van der Waals surface area contributed by atoms with Crippen molar-refractivity contribution >= 4 is 5.69 Å². The van der Waals surface area contributed by atoms with E-state index < -0.39 is 18.5 Å². The van der Waals surface area contributed by atoms with Gasteiger partial charge in [-0.2, -0.15) is 13.2 Å². The molecule has 112 valence electrons. The molecule has 0 atom stereocenters. The summed E-state index contributed by atoms with van der Waals surface area (Å²) < 4.78 is 51.7. The van der Waals surface area contributed by atoms with E-state index in [1.807, 2.05) is 0 Å². The first-order valence-corrected chi connectivity index (χ1v) is 6.73. The van der Waals surface area contributed by atoms with Crippen molar-refractivity contribution in [3.05, 3.63) is 29.6 Å². The van der Waals surface area contributed by atoms with Gasteiger partial charge in [0.1, 0.15) is 12.4 Å². The molecule has 1 aromatic rings. The molecule has 0 heterocycles. The molecule has 6 heteroatoms. The van der Waals surface area contributed by atoms with Crippen LogP contribution in [0.1, 0.15) is 25.3 Å². The van der Waals surface area contributed by atoms with Crippen LogP contribution >= 0.6 is 0 Å². The lowest BCUT2D eigenvalue weighted by Gasteiger charge is -2.27. The summed E-state index contributed by atoms with van der Waals surface area (Å²) >= 11 is 0. The first-order chi connectivity index (χ1) is 9.40. The number of benzene rings is 1. The average Bonchev–Trinajstić information content (AvgIpc) is 3.17. The summed E-state index contributed by atoms with van der Waals surface area (Å²) in [4.78, 5) is 1.16. The Kier molecular flexibility index (Phi) is 4.52. The molecule has 1 aliphatic carbocycles. The van der Waals surface area contributed by atoms with E-state index in [-0.39, 0.29) is 13.1 Å². The number of hydrogen-bond donors (Lipinski definition) is 1. The van der Waals surface area contributed by atoms with E-state index in [4.69, 9.17) is 0 Å². The van der Waals surface area contributed by atoms with Crippen LogP contribution < -0.4 is 10.2 Å². The number of rotatable bonds is 6. The Morgan fingerprint density at radius 1 is 1.30 bits per heavy atom. The van der Waals surface area contributed by atoms with Crippen LogP contribution in [0.4, 0.5) is 23.2 Å². The zero-order valence-electron chi connectivity index (χ0n) is 11.3. The Hall–Kier alpha value is -1.30. The first-order valence-electron chi connectivity index (χ1n) is 6.73. The van der Waals surface area contributed by atoms with E-state index in [1.165, 1.54) is 12.1 Å². The minimum absolute atomic E-state index is 0.180. The van der Waals surface area contributed by atoms with Crippen LogP contribution in [0.3, 0.4) is 0 Å². The van der Waals surface area contributed by atoms with E-state index in [0.29, 0.717) is 17.3 Å². The highest BCUT2D eigenvalue weighted by atomic mass is 19.4. The summed E-state index contributed by atoms with van der Waals surface area (Å²) in [5.74, 6) is -0.462. The molecule has 0 unspecified atom stereocenters. The second-order valence-electron chi connectivity index (χ2n) is 5.02. The Morgan fingerprint density at radius 3 is 2.55 bits per heavy atom. The van der Waals surface area contributed by atoms with E-state index in [1.54, 1.807) is 13.0 Å². The minimum atomic E-state index is -4.30. The largest absolute Gasteiger partial charge is 0.405 e. The molecule has 2 rings (SSSR count). The van der Waals surface area contributed by atoms with Crippen molar-refractivity contribution in [2.24, 2.45) is 0 Å². The van der Waals surface area contributed by atoms with Gasteiger partial charge in [-0.05, 0) is 31.9 Å². The topological polar surface area (TPSA) is 15.3 Å². The van der Waals surface area contributed by atoms with Gasteiger partial charge in [-0.3, -0.25) is 0 Å². The highest BCUT2D eigenvalue weighted by Gasteiger charge is 2.31. The van der Waals surface area contributed by atoms with Gasteiger partial charge in [0.15, 0.2) is 0 Å². The standard InChI is InChI=1S/C14H18F4N2/c1-2-20(9-14(16,17)18)13-5-3-4-12(15)11(13)8-19-10-6-7-10/h3-5,10,19H,2,6-9H2,1H3.